The average Bonchev–Trinajstić information content (AvgIpc) is 2.71. The van der Waals surface area contributed by atoms with E-state index in [1.165, 1.54) is 5.56 Å². The van der Waals surface area contributed by atoms with Crippen LogP contribution in [0.2, 0.25) is 0 Å². The van der Waals surface area contributed by atoms with E-state index in [4.69, 9.17) is 4.74 Å². The monoisotopic (exact) mass is 364 g/mol. The van der Waals surface area contributed by atoms with Gasteiger partial charge in [-0.2, -0.15) is 0 Å². The molecule has 0 radical (unpaired) electrons. The van der Waals surface area contributed by atoms with E-state index in [1.807, 2.05) is 42.5 Å². The van der Waals surface area contributed by atoms with Gasteiger partial charge < -0.3 is 9.84 Å². The molecule has 0 aliphatic carbocycles. The van der Waals surface area contributed by atoms with E-state index in [0.29, 0.717) is 6.04 Å². The van der Waals surface area contributed by atoms with E-state index in [1.54, 1.807) is 7.11 Å². The second-order valence-electron chi connectivity index (χ2n) is 6.89. The van der Waals surface area contributed by atoms with E-state index in [2.05, 4.69) is 33.8 Å². The Morgan fingerprint density at radius 3 is 2.74 bits per heavy atom. The minimum Gasteiger partial charge on any atom is -0.497 e. The SMILES string of the molecule is COc1cccc(CN2CCN(CC#Cc3ccccc3)C[C@H]2CCO)c1. The minimum atomic E-state index is 0.211. The zero-order valence-corrected chi connectivity index (χ0v) is 16.0. The van der Waals surface area contributed by atoms with Crippen molar-refractivity contribution in [3.05, 3.63) is 65.7 Å². The molecule has 0 saturated carbocycles. The topological polar surface area (TPSA) is 35.9 Å². The van der Waals surface area contributed by atoms with Crippen molar-refractivity contribution in [2.24, 2.45) is 0 Å². The van der Waals surface area contributed by atoms with Crippen LogP contribution in [0.15, 0.2) is 54.6 Å². The number of aliphatic hydroxyl groups excluding tert-OH is 1. The van der Waals surface area contributed by atoms with Gasteiger partial charge in [0.25, 0.3) is 0 Å². The highest BCUT2D eigenvalue weighted by atomic mass is 16.5. The lowest BCUT2D eigenvalue weighted by atomic mass is 10.1. The zero-order chi connectivity index (χ0) is 18.9. The summed E-state index contributed by atoms with van der Waals surface area (Å²) < 4.78 is 5.33. The van der Waals surface area contributed by atoms with Gasteiger partial charge in [0.1, 0.15) is 5.75 Å². The first kappa shape index (κ1) is 19.4. The van der Waals surface area contributed by atoms with Crippen molar-refractivity contribution in [3.63, 3.8) is 0 Å². The summed E-state index contributed by atoms with van der Waals surface area (Å²) in [5.41, 5.74) is 2.30. The Balaban J connectivity index is 1.58. The lowest BCUT2D eigenvalue weighted by molar-refractivity contribution is 0.0605. The summed E-state index contributed by atoms with van der Waals surface area (Å²) in [5.74, 6) is 7.42. The summed E-state index contributed by atoms with van der Waals surface area (Å²) in [4.78, 5) is 4.85. The fourth-order valence-corrected chi connectivity index (χ4v) is 3.51. The number of ether oxygens (including phenoxy) is 1. The predicted molar refractivity (Wildman–Crippen MR) is 109 cm³/mol. The quantitative estimate of drug-likeness (QED) is 0.800. The van der Waals surface area contributed by atoms with Crippen LogP contribution in [0.5, 0.6) is 5.75 Å². The Bertz CT molecular complexity index is 767. The van der Waals surface area contributed by atoms with Gasteiger partial charge in [0, 0.05) is 44.4 Å². The van der Waals surface area contributed by atoms with Gasteiger partial charge in [0.05, 0.1) is 13.7 Å². The number of methoxy groups -OCH3 is 1. The normalized spacial score (nSPS) is 17.9. The molecule has 1 fully saturated rings. The molecular weight excluding hydrogens is 336 g/mol. The molecule has 4 heteroatoms. The van der Waals surface area contributed by atoms with Crippen LogP contribution in [-0.4, -0.2) is 60.8 Å². The van der Waals surface area contributed by atoms with Crippen molar-refractivity contribution in [2.45, 2.75) is 19.0 Å². The Labute approximate surface area is 162 Å². The Kier molecular flexibility index (Phi) is 7.29. The first-order valence-electron chi connectivity index (χ1n) is 9.52. The molecule has 0 bridgehead atoms. The molecule has 4 nitrogen and oxygen atoms in total. The Hall–Kier alpha value is -2.32. The van der Waals surface area contributed by atoms with Crippen LogP contribution in [0, 0.1) is 11.8 Å². The molecule has 2 aromatic rings. The average molecular weight is 364 g/mol. The summed E-state index contributed by atoms with van der Waals surface area (Å²) >= 11 is 0. The molecule has 1 heterocycles. The molecule has 0 amide bonds. The molecule has 1 saturated heterocycles. The van der Waals surface area contributed by atoms with E-state index in [9.17, 15) is 5.11 Å². The van der Waals surface area contributed by atoms with Gasteiger partial charge >= 0.3 is 0 Å². The van der Waals surface area contributed by atoms with E-state index in [0.717, 1.165) is 50.5 Å². The zero-order valence-electron chi connectivity index (χ0n) is 16.0. The van der Waals surface area contributed by atoms with Crippen LogP contribution in [0.25, 0.3) is 0 Å². The highest BCUT2D eigenvalue weighted by Crippen LogP contribution is 2.19. The van der Waals surface area contributed by atoms with Crippen molar-refractivity contribution in [1.82, 2.24) is 9.80 Å². The first-order valence-corrected chi connectivity index (χ1v) is 9.52. The summed E-state index contributed by atoms with van der Waals surface area (Å²) in [5, 5.41) is 9.50. The van der Waals surface area contributed by atoms with Crippen molar-refractivity contribution >= 4 is 0 Å². The molecule has 1 atom stereocenters. The molecule has 27 heavy (non-hydrogen) atoms. The highest BCUT2D eigenvalue weighted by Gasteiger charge is 2.26. The fraction of sp³-hybridized carbons (Fsp3) is 0.391. The molecular formula is C23H28N2O2. The van der Waals surface area contributed by atoms with Crippen LogP contribution in [0.1, 0.15) is 17.5 Å². The molecule has 0 spiro atoms. The summed E-state index contributed by atoms with van der Waals surface area (Å²) in [6, 6.07) is 18.7. The minimum absolute atomic E-state index is 0.211. The lowest BCUT2D eigenvalue weighted by Gasteiger charge is -2.41. The van der Waals surface area contributed by atoms with Crippen LogP contribution in [-0.2, 0) is 6.54 Å². The van der Waals surface area contributed by atoms with Crippen molar-refractivity contribution in [1.29, 1.82) is 0 Å². The number of rotatable bonds is 6. The van der Waals surface area contributed by atoms with Crippen LogP contribution >= 0.6 is 0 Å². The van der Waals surface area contributed by atoms with Crippen LogP contribution in [0.4, 0.5) is 0 Å². The number of aliphatic hydroxyl groups is 1. The third-order valence-corrected chi connectivity index (χ3v) is 4.98. The smallest absolute Gasteiger partial charge is 0.119 e. The molecule has 1 aliphatic rings. The van der Waals surface area contributed by atoms with Crippen molar-refractivity contribution in [2.75, 3.05) is 39.9 Å². The van der Waals surface area contributed by atoms with Crippen LogP contribution < -0.4 is 4.74 Å². The second-order valence-corrected chi connectivity index (χ2v) is 6.89. The summed E-state index contributed by atoms with van der Waals surface area (Å²) in [6.07, 6.45) is 0.784. The molecule has 0 unspecified atom stereocenters. The van der Waals surface area contributed by atoms with Gasteiger partial charge in [-0.25, -0.2) is 0 Å². The Morgan fingerprint density at radius 1 is 1.11 bits per heavy atom. The standard InChI is InChI=1S/C23H28N2O2/c1-27-23-11-5-9-21(17-23)18-25-15-14-24(19-22(25)12-16-26)13-6-10-20-7-3-2-4-8-20/h2-5,7-9,11,17,22,26H,12-16,18-19H2,1H3/t22-/m1/s1. The molecule has 142 valence electrons. The maximum Gasteiger partial charge on any atom is 0.119 e. The van der Waals surface area contributed by atoms with Gasteiger partial charge in [-0.05, 0) is 36.2 Å². The van der Waals surface area contributed by atoms with Gasteiger partial charge in [-0.1, -0.05) is 42.2 Å². The number of nitrogens with zero attached hydrogens (tertiary/aromatic N) is 2. The Morgan fingerprint density at radius 2 is 1.96 bits per heavy atom. The van der Waals surface area contributed by atoms with Gasteiger partial charge in [0.15, 0.2) is 0 Å². The van der Waals surface area contributed by atoms with Gasteiger partial charge in [-0.15, -0.1) is 0 Å². The molecule has 0 aromatic heterocycles. The largest absolute Gasteiger partial charge is 0.497 e. The van der Waals surface area contributed by atoms with Crippen LogP contribution in [0.3, 0.4) is 0 Å². The van der Waals surface area contributed by atoms with E-state index < -0.39 is 0 Å². The first-order chi connectivity index (χ1) is 13.3. The maximum atomic E-state index is 9.50. The van der Waals surface area contributed by atoms with E-state index in [-0.39, 0.29) is 6.61 Å². The van der Waals surface area contributed by atoms with Crippen molar-refractivity contribution < 1.29 is 9.84 Å². The van der Waals surface area contributed by atoms with Gasteiger partial charge in [-0.3, -0.25) is 9.80 Å². The summed E-state index contributed by atoms with van der Waals surface area (Å²) in [7, 11) is 1.70. The van der Waals surface area contributed by atoms with E-state index >= 15 is 0 Å². The molecule has 1 N–H and O–H groups in total. The highest BCUT2D eigenvalue weighted by molar-refractivity contribution is 5.33. The van der Waals surface area contributed by atoms with Crippen molar-refractivity contribution in [3.8, 4) is 17.6 Å². The number of benzene rings is 2. The number of hydrogen-bond donors (Lipinski definition) is 1. The number of piperazine rings is 1. The predicted octanol–water partition coefficient (Wildman–Crippen LogP) is 2.62. The third kappa shape index (κ3) is 5.83. The fourth-order valence-electron chi connectivity index (χ4n) is 3.51. The molecule has 3 rings (SSSR count). The summed E-state index contributed by atoms with van der Waals surface area (Å²) in [6.45, 7) is 4.77. The molecule has 1 aliphatic heterocycles. The lowest BCUT2D eigenvalue weighted by Crippen LogP contribution is -2.52. The number of hydrogen-bond acceptors (Lipinski definition) is 4. The maximum absolute atomic E-state index is 9.50. The second kappa shape index (κ2) is 10.1. The third-order valence-electron chi connectivity index (χ3n) is 4.98. The molecule has 2 aromatic carbocycles. The van der Waals surface area contributed by atoms with Gasteiger partial charge in [0.2, 0.25) is 0 Å².